The molecule has 5 heteroatoms. The molecule has 1 aromatic carbocycles. The van der Waals surface area contributed by atoms with Crippen molar-refractivity contribution in [2.75, 3.05) is 0 Å². The number of phenols is 1. The van der Waals surface area contributed by atoms with Gasteiger partial charge in [0.15, 0.2) is 0 Å². The number of hydrogen-bond donors (Lipinski definition) is 1. The summed E-state index contributed by atoms with van der Waals surface area (Å²) in [4.78, 5) is 0. The minimum atomic E-state index is 0.0182. The van der Waals surface area contributed by atoms with Gasteiger partial charge in [0.1, 0.15) is 5.75 Å². The average molecular weight is 243 g/mol. The zero-order chi connectivity index (χ0) is 11.0. The maximum Gasteiger partial charge on any atom is 0.143 e. The van der Waals surface area contributed by atoms with E-state index in [1.807, 2.05) is 0 Å². The third kappa shape index (κ3) is 1.80. The molecule has 0 fully saturated rings. The standard InChI is InChI=1S/C10H8Cl2N2O/c1-14-9(2-3-13-14)7-4-6(11)5-8(12)10(7)15/h2-5,15H,1H3. The third-order valence-electron chi connectivity index (χ3n) is 2.13. The van der Waals surface area contributed by atoms with E-state index in [9.17, 15) is 5.11 Å². The molecule has 1 heterocycles. The van der Waals surface area contributed by atoms with E-state index < -0.39 is 0 Å². The molecule has 0 saturated heterocycles. The number of halogens is 2. The number of aromatic hydroxyl groups is 1. The van der Waals surface area contributed by atoms with E-state index in [4.69, 9.17) is 23.2 Å². The van der Waals surface area contributed by atoms with Gasteiger partial charge in [-0.25, -0.2) is 0 Å². The van der Waals surface area contributed by atoms with Gasteiger partial charge in [-0.3, -0.25) is 4.68 Å². The van der Waals surface area contributed by atoms with Gasteiger partial charge in [0.25, 0.3) is 0 Å². The van der Waals surface area contributed by atoms with Gasteiger partial charge in [0, 0.05) is 23.8 Å². The largest absolute Gasteiger partial charge is 0.506 e. The van der Waals surface area contributed by atoms with Crippen molar-refractivity contribution in [2.24, 2.45) is 7.05 Å². The van der Waals surface area contributed by atoms with Crippen LogP contribution in [0, 0.1) is 0 Å². The molecule has 0 aliphatic carbocycles. The number of hydrogen-bond acceptors (Lipinski definition) is 2. The molecule has 15 heavy (non-hydrogen) atoms. The Hall–Kier alpha value is -1.19. The first-order valence-corrected chi connectivity index (χ1v) is 5.01. The number of benzene rings is 1. The smallest absolute Gasteiger partial charge is 0.143 e. The minimum Gasteiger partial charge on any atom is -0.506 e. The van der Waals surface area contributed by atoms with E-state index in [1.54, 1.807) is 30.1 Å². The number of rotatable bonds is 1. The molecule has 0 spiro atoms. The van der Waals surface area contributed by atoms with E-state index in [-0.39, 0.29) is 10.8 Å². The molecular weight excluding hydrogens is 235 g/mol. The van der Waals surface area contributed by atoms with Crippen molar-refractivity contribution in [1.29, 1.82) is 0 Å². The van der Waals surface area contributed by atoms with Crippen molar-refractivity contribution in [1.82, 2.24) is 9.78 Å². The lowest BCUT2D eigenvalue weighted by molar-refractivity contribution is 0.477. The Balaban J connectivity index is 2.68. The normalized spacial score (nSPS) is 10.6. The molecular formula is C10H8Cl2N2O. The zero-order valence-corrected chi connectivity index (χ0v) is 9.42. The van der Waals surface area contributed by atoms with Crippen molar-refractivity contribution in [3.8, 4) is 17.0 Å². The van der Waals surface area contributed by atoms with E-state index in [2.05, 4.69) is 5.10 Å². The minimum absolute atomic E-state index is 0.0182. The first-order valence-electron chi connectivity index (χ1n) is 4.26. The van der Waals surface area contributed by atoms with Gasteiger partial charge < -0.3 is 5.11 Å². The maximum atomic E-state index is 9.79. The summed E-state index contributed by atoms with van der Waals surface area (Å²) in [6, 6.07) is 4.93. The topological polar surface area (TPSA) is 38.0 Å². The molecule has 0 saturated carbocycles. The number of nitrogens with zero attached hydrogens (tertiary/aromatic N) is 2. The average Bonchev–Trinajstić information content (AvgIpc) is 2.58. The zero-order valence-electron chi connectivity index (χ0n) is 7.91. The summed E-state index contributed by atoms with van der Waals surface area (Å²) in [7, 11) is 1.78. The molecule has 0 atom stereocenters. The molecule has 78 valence electrons. The maximum absolute atomic E-state index is 9.79. The van der Waals surface area contributed by atoms with Crippen LogP contribution >= 0.6 is 23.2 Å². The van der Waals surface area contributed by atoms with Crippen molar-refractivity contribution < 1.29 is 5.11 Å². The molecule has 0 aliphatic heterocycles. The predicted octanol–water partition coefficient (Wildman–Crippen LogP) is 3.10. The Labute approximate surface area is 96.9 Å². The van der Waals surface area contributed by atoms with Gasteiger partial charge in [-0.2, -0.15) is 5.10 Å². The fourth-order valence-corrected chi connectivity index (χ4v) is 1.89. The van der Waals surface area contributed by atoms with Crippen molar-refractivity contribution in [3.63, 3.8) is 0 Å². The van der Waals surface area contributed by atoms with Crippen LogP contribution in [0.15, 0.2) is 24.4 Å². The van der Waals surface area contributed by atoms with E-state index >= 15 is 0 Å². The Kier molecular flexibility index (Phi) is 2.59. The van der Waals surface area contributed by atoms with Crippen LogP contribution in [0.2, 0.25) is 10.0 Å². The highest BCUT2D eigenvalue weighted by Gasteiger charge is 2.12. The van der Waals surface area contributed by atoms with Gasteiger partial charge >= 0.3 is 0 Å². The van der Waals surface area contributed by atoms with Gasteiger partial charge in [-0.05, 0) is 18.2 Å². The quantitative estimate of drug-likeness (QED) is 0.835. The monoisotopic (exact) mass is 242 g/mol. The first kappa shape index (κ1) is 10.3. The Morgan fingerprint density at radius 2 is 2.07 bits per heavy atom. The summed E-state index contributed by atoms with van der Waals surface area (Å²) in [5.41, 5.74) is 1.34. The molecule has 2 aromatic rings. The number of aryl methyl sites for hydroxylation is 1. The highest BCUT2D eigenvalue weighted by Crippen LogP contribution is 2.37. The molecule has 2 rings (SSSR count). The molecule has 0 unspecified atom stereocenters. The van der Waals surface area contributed by atoms with Crippen LogP contribution in [-0.4, -0.2) is 14.9 Å². The van der Waals surface area contributed by atoms with Gasteiger partial charge in [-0.1, -0.05) is 23.2 Å². The molecule has 0 amide bonds. The molecule has 1 aromatic heterocycles. The molecule has 0 bridgehead atoms. The van der Waals surface area contributed by atoms with Gasteiger partial charge in [-0.15, -0.1) is 0 Å². The number of aromatic nitrogens is 2. The lowest BCUT2D eigenvalue weighted by atomic mass is 10.1. The van der Waals surface area contributed by atoms with Gasteiger partial charge in [0.05, 0.1) is 10.7 Å². The summed E-state index contributed by atoms with van der Waals surface area (Å²) in [5, 5.41) is 14.5. The SMILES string of the molecule is Cn1nccc1-c1cc(Cl)cc(Cl)c1O. The highest BCUT2D eigenvalue weighted by molar-refractivity contribution is 6.36. The Morgan fingerprint density at radius 1 is 1.33 bits per heavy atom. The van der Waals surface area contributed by atoms with E-state index in [0.29, 0.717) is 10.6 Å². The summed E-state index contributed by atoms with van der Waals surface area (Å²) >= 11 is 11.7. The van der Waals surface area contributed by atoms with Gasteiger partial charge in [0.2, 0.25) is 0 Å². The lowest BCUT2D eigenvalue weighted by Gasteiger charge is -2.07. The van der Waals surface area contributed by atoms with E-state index in [1.165, 1.54) is 6.07 Å². The number of phenolic OH excluding ortho intramolecular Hbond substituents is 1. The summed E-state index contributed by atoms with van der Waals surface area (Å²) in [6.07, 6.45) is 1.64. The van der Waals surface area contributed by atoms with Crippen molar-refractivity contribution in [3.05, 3.63) is 34.4 Å². The fraction of sp³-hybridized carbons (Fsp3) is 0.100. The van der Waals surface area contributed by atoms with Crippen LogP contribution in [0.5, 0.6) is 5.75 Å². The first-order chi connectivity index (χ1) is 7.09. The second-order valence-corrected chi connectivity index (χ2v) is 3.97. The van der Waals surface area contributed by atoms with Crippen LogP contribution in [0.25, 0.3) is 11.3 Å². The lowest BCUT2D eigenvalue weighted by Crippen LogP contribution is -1.93. The second-order valence-electron chi connectivity index (χ2n) is 3.12. The summed E-state index contributed by atoms with van der Waals surface area (Å²) in [6.45, 7) is 0. The molecule has 0 radical (unpaired) electrons. The predicted molar refractivity (Wildman–Crippen MR) is 60.3 cm³/mol. The third-order valence-corrected chi connectivity index (χ3v) is 2.63. The molecule has 0 aliphatic rings. The summed E-state index contributed by atoms with van der Waals surface area (Å²) < 4.78 is 1.64. The fourth-order valence-electron chi connectivity index (χ4n) is 1.40. The molecule has 3 nitrogen and oxygen atoms in total. The van der Waals surface area contributed by atoms with Crippen molar-refractivity contribution in [2.45, 2.75) is 0 Å². The van der Waals surface area contributed by atoms with Crippen molar-refractivity contribution >= 4 is 23.2 Å². The Bertz CT molecular complexity index is 508. The summed E-state index contributed by atoms with van der Waals surface area (Å²) in [5.74, 6) is 0.0182. The van der Waals surface area contributed by atoms with Crippen LogP contribution < -0.4 is 0 Å². The highest BCUT2D eigenvalue weighted by atomic mass is 35.5. The van der Waals surface area contributed by atoms with Crippen LogP contribution in [0.1, 0.15) is 0 Å². The van der Waals surface area contributed by atoms with E-state index in [0.717, 1.165) is 5.69 Å². The Morgan fingerprint density at radius 3 is 2.67 bits per heavy atom. The van der Waals surface area contributed by atoms with Crippen LogP contribution in [0.4, 0.5) is 0 Å². The second kappa shape index (κ2) is 3.76. The van der Waals surface area contributed by atoms with Crippen LogP contribution in [-0.2, 0) is 7.05 Å². The van der Waals surface area contributed by atoms with Crippen LogP contribution in [0.3, 0.4) is 0 Å². The molecule has 1 N–H and O–H groups in total.